The second-order valence-corrected chi connectivity index (χ2v) is 8.15. The topological polar surface area (TPSA) is 26.3 Å². The largest absolute Gasteiger partial charge is 0.517 e. The van der Waals surface area contributed by atoms with E-state index in [0.29, 0.717) is 0 Å². The van der Waals surface area contributed by atoms with Gasteiger partial charge in [-0.2, -0.15) is 0 Å². The maximum absolute atomic E-state index is 11.1. The molecule has 0 aliphatic heterocycles. The smallest absolute Gasteiger partial charge is 0.317 e. The number of carbonyl (C=O) groups excluding carboxylic acids is 1. The van der Waals surface area contributed by atoms with E-state index in [1.807, 2.05) is 25.7 Å². The molecule has 12 heavy (non-hydrogen) atoms. The molecule has 0 saturated heterocycles. The molecular formula is C9H18O2Si. The molecule has 2 nitrogen and oxygen atoms in total. The molecule has 0 fully saturated rings. The van der Waals surface area contributed by atoms with Gasteiger partial charge in [-0.15, -0.1) is 0 Å². The first-order valence-electron chi connectivity index (χ1n) is 4.35. The molecule has 70 valence electrons. The average molecular weight is 186 g/mol. The van der Waals surface area contributed by atoms with Gasteiger partial charge in [0.2, 0.25) is 8.32 Å². The zero-order chi connectivity index (χ0) is 9.61. The molecule has 0 unspecified atom stereocenters. The lowest BCUT2D eigenvalue weighted by Crippen LogP contribution is -2.28. The summed E-state index contributed by atoms with van der Waals surface area (Å²) in [5.74, 6) is -0.192. The number of rotatable bonds is 4. The Morgan fingerprint density at radius 3 is 2.42 bits per heavy atom. The zero-order valence-electron chi connectivity index (χ0n) is 8.39. The molecule has 0 radical (unpaired) electrons. The lowest BCUT2D eigenvalue weighted by Gasteiger charge is -2.15. The van der Waals surface area contributed by atoms with Crippen LogP contribution in [0.2, 0.25) is 19.6 Å². The summed E-state index contributed by atoms with van der Waals surface area (Å²) in [6.45, 7) is 8.07. The molecule has 0 rings (SSSR count). The van der Waals surface area contributed by atoms with Gasteiger partial charge in [-0.25, -0.2) is 4.79 Å². The van der Waals surface area contributed by atoms with Gasteiger partial charge in [-0.05, 0) is 26.1 Å². The van der Waals surface area contributed by atoms with Crippen LogP contribution in [-0.2, 0) is 9.22 Å². The SMILES string of the molecule is CCC/C=C/C(=O)O[Si](C)(C)C. The van der Waals surface area contributed by atoms with Crippen LogP contribution in [0.1, 0.15) is 19.8 Å². The third kappa shape index (κ3) is 7.53. The first-order chi connectivity index (χ1) is 5.45. The second kappa shape index (κ2) is 5.14. The summed E-state index contributed by atoms with van der Waals surface area (Å²) in [5, 5.41) is 0. The van der Waals surface area contributed by atoms with Gasteiger partial charge in [0.05, 0.1) is 0 Å². The van der Waals surface area contributed by atoms with Crippen molar-refractivity contribution in [2.45, 2.75) is 39.4 Å². The highest BCUT2D eigenvalue weighted by Gasteiger charge is 2.17. The van der Waals surface area contributed by atoms with E-state index in [1.54, 1.807) is 0 Å². The van der Waals surface area contributed by atoms with E-state index in [1.165, 1.54) is 6.08 Å². The third-order valence-electron chi connectivity index (χ3n) is 1.12. The fraction of sp³-hybridized carbons (Fsp3) is 0.667. The van der Waals surface area contributed by atoms with Gasteiger partial charge in [0, 0.05) is 6.08 Å². The highest BCUT2D eigenvalue weighted by atomic mass is 28.4. The van der Waals surface area contributed by atoms with E-state index < -0.39 is 8.32 Å². The Hall–Kier alpha value is -0.573. The quantitative estimate of drug-likeness (QED) is 0.498. The van der Waals surface area contributed by atoms with E-state index in [4.69, 9.17) is 4.43 Å². The first kappa shape index (κ1) is 11.4. The van der Waals surface area contributed by atoms with Gasteiger partial charge >= 0.3 is 5.97 Å². The number of allylic oxidation sites excluding steroid dienone is 1. The number of hydrogen-bond acceptors (Lipinski definition) is 2. The summed E-state index contributed by atoms with van der Waals surface area (Å²) < 4.78 is 5.20. The molecule has 0 aromatic carbocycles. The number of carbonyl (C=O) groups is 1. The summed E-state index contributed by atoms with van der Waals surface area (Å²) in [4.78, 5) is 11.1. The molecule has 0 atom stereocenters. The van der Waals surface area contributed by atoms with Crippen molar-refractivity contribution < 1.29 is 9.22 Å². The van der Waals surface area contributed by atoms with Crippen molar-refractivity contribution >= 4 is 14.3 Å². The van der Waals surface area contributed by atoms with Gasteiger partial charge in [-0.1, -0.05) is 19.4 Å². The summed E-state index contributed by atoms with van der Waals surface area (Å²) in [7, 11) is -1.68. The highest BCUT2D eigenvalue weighted by Crippen LogP contribution is 2.03. The Labute approximate surface area is 75.7 Å². The van der Waals surface area contributed by atoms with E-state index in [0.717, 1.165) is 12.8 Å². The molecule has 0 heterocycles. The first-order valence-corrected chi connectivity index (χ1v) is 7.76. The number of unbranched alkanes of at least 4 members (excludes halogenated alkanes) is 1. The maximum atomic E-state index is 11.1. The molecule has 0 amide bonds. The second-order valence-electron chi connectivity index (χ2n) is 3.72. The van der Waals surface area contributed by atoms with Gasteiger partial charge in [0.15, 0.2) is 0 Å². The minimum absolute atomic E-state index is 0.192. The van der Waals surface area contributed by atoms with Crippen molar-refractivity contribution in [2.75, 3.05) is 0 Å². The zero-order valence-corrected chi connectivity index (χ0v) is 9.39. The van der Waals surface area contributed by atoms with E-state index >= 15 is 0 Å². The Morgan fingerprint density at radius 1 is 1.42 bits per heavy atom. The number of hydrogen-bond donors (Lipinski definition) is 0. The molecule has 0 bridgehead atoms. The molecule has 0 aliphatic rings. The molecular weight excluding hydrogens is 168 g/mol. The van der Waals surface area contributed by atoms with Crippen LogP contribution in [0.5, 0.6) is 0 Å². The molecule has 0 aromatic heterocycles. The fourth-order valence-electron chi connectivity index (χ4n) is 0.682. The van der Waals surface area contributed by atoms with E-state index in [-0.39, 0.29) is 5.97 Å². The van der Waals surface area contributed by atoms with Crippen molar-refractivity contribution in [3.05, 3.63) is 12.2 Å². The van der Waals surface area contributed by atoms with Crippen LogP contribution in [0, 0.1) is 0 Å². The summed E-state index contributed by atoms with van der Waals surface area (Å²) in [6, 6.07) is 0. The average Bonchev–Trinajstić information content (AvgIpc) is 1.84. The van der Waals surface area contributed by atoms with Gasteiger partial charge in [0.1, 0.15) is 0 Å². The van der Waals surface area contributed by atoms with Crippen LogP contribution >= 0.6 is 0 Å². The molecule has 3 heteroatoms. The van der Waals surface area contributed by atoms with Gasteiger partial charge in [-0.3, -0.25) is 0 Å². The Kier molecular flexibility index (Phi) is 4.89. The minimum atomic E-state index is -1.68. The van der Waals surface area contributed by atoms with E-state index in [2.05, 4.69) is 6.92 Å². The molecule has 0 aromatic rings. The highest BCUT2D eigenvalue weighted by molar-refractivity contribution is 6.71. The van der Waals surface area contributed by atoms with Crippen molar-refractivity contribution in [1.82, 2.24) is 0 Å². The lowest BCUT2D eigenvalue weighted by atomic mass is 10.3. The third-order valence-corrected chi connectivity index (χ3v) is 1.93. The van der Waals surface area contributed by atoms with Crippen LogP contribution in [0.3, 0.4) is 0 Å². The summed E-state index contributed by atoms with van der Waals surface area (Å²) >= 11 is 0. The standard InChI is InChI=1S/C9H18O2Si/c1-5-6-7-8-9(10)11-12(2,3)4/h7-8H,5-6H2,1-4H3/b8-7+. The molecule has 0 spiro atoms. The van der Waals surface area contributed by atoms with Crippen LogP contribution < -0.4 is 0 Å². The van der Waals surface area contributed by atoms with Crippen molar-refractivity contribution in [1.29, 1.82) is 0 Å². The van der Waals surface area contributed by atoms with Crippen molar-refractivity contribution in [2.24, 2.45) is 0 Å². The lowest BCUT2D eigenvalue weighted by molar-refractivity contribution is -0.129. The van der Waals surface area contributed by atoms with Crippen molar-refractivity contribution in [3.8, 4) is 0 Å². The summed E-state index contributed by atoms with van der Waals surface area (Å²) in [6.07, 6.45) is 5.40. The van der Waals surface area contributed by atoms with Crippen molar-refractivity contribution in [3.63, 3.8) is 0 Å². The minimum Gasteiger partial charge on any atom is -0.517 e. The Morgan fingerprint density at radius 2 is 2.00 bits per heavy atom. The fourth-order valence-corrected chi connectivity index (χ4v) is 1.35. The maximum Gasteiger partial charge on any atom is 0.317 e. The molecule has 0 N–H and O–H groups in total. The van der Waals surface area contributed by atoms with Crippen LogP contribution in [0.15, 0.2) is 12.2 Å². The van der Waals surface area contributed by atoms with Gasteiger partial charge < -0.3 is 4.43 Å². The Bertz CT molecular complexity index is 168. The van der Waals surface area contributed by atoms with Crippen LogP contribution in [-0.4, -0.2) is 14.3 Å². The van der Waals surface area contributed by atoms with Gasteiger partial charge in [0.25, 0.3) is 0 Å². The van der Waals surface area contributed by atoms with Crippen LogP contribution in [0.25, 0.3) is 0 Å². The molecule has 0 saturated carbocycles. The van der Waals surface area contributed by atoms with E-state index in [9.17, 15) is 4.79 Å². The summed E-state index contributed by atoms with van der Waals surface area (Å²) in [5.41, 5.74) is 0. The Balaban J connectivity index is 3.75. The predicted molar refractivity (Wildman–Crippen MR) is 53.5 cm³/mol. The normalized spacial score (nSPS) is 12.0. The predicted octanol–water partition coefficient (Wildman–Crippen LogP) is 2.72. The monoisotopic (exact) mass is 186 g/mol. The van der Waals surface area contributed by atoms with Crippen LogP contribution in [0.4, 0.5) is 0 Å². The molecule has 0 aliphatic carbocycles.